The Balaban J connectivity index is 1.66. The summed E-state index contributed by atoms with van der Waals surface area (Å²) in [5.41, 5.74) is 3.00. The van der Waals surface area contributed by atoms with E-state index in [1.165, 1.54) is 73.7 Å². The van der Waals surface area contributed by atoms with Crippen LogP contribution < -0.4 is 16.1 Å². The topological polar surface area (TPSA) is 204 Å². The fourth-order valence-electron chi connectivity index (χ4n) is 3.47. The summed E-state index contributed by atoms with van der Waals surface area (Å²) in [7, 11) is 0. The van der Waals surface area contributed by atoms with Crippen LogP contribution in [0.5, 0.6) is 0 Å². The molecule has 214 valence electrons. The molecular formula is C29H25N5O8. The Kier molecular flexibility index (Phi) is 10.1. The maximum absolute atomic E-state index is 12.7. The zero-order valence-electron chi connectivity index (χ0n) is 22.4. The number of hydrogen-bond acceptors (Lipinski definition) is 9. The standard InChI is InChI=1S/C29H25N5O8/c1-16(35)24(30-15-18-5-3-6-19(13-18)28(39)40)26(37)31-21-9-11-22(12-10-21)32-27(38)25(17(2)36)34-33-23-8-4-7-20(14-23)29(41)42/h3-14,33H,15H2,1-2H3,(H,31,37)(H,32,38)(H,39,40)(H,41,42)/b30-24-,34-25-. The highest BCUT2D eigenvalue weighted by Crippen LogP contribution is 2.15. The summed E-state index contributed by atoms with van der Waals surface area (Å²) in [6.45, 7) is 2.23. The van der Waals surface area contributed by atoms with Crippen LogP contribution in [-0.2, 0) is 25.7 Å². The average Bonchev–Trinajstić information content (AvgIpc) is 2.94. The van der Waals surface area contributed by atoms with Gasteiger partial charge in [0.05, 0.1) is 23.4 Å². The summed E-state index contributed by atoms with van der Waals surface area (Å²) in [6.07, 6.45) is 0. The maximum atomic E-state index is 12.7. The molecule has 0 aliphatic carbocycles. The molecule has 13 heteroatoms. The molecule has 3 aromatic rings. The van der Waals surface area contributed by atoms with Gasteiger partial charge in [0.15, 0.2) is 23.0 Å². The van der Waals surface area contributed by atoms with Crippen LogP contribution in [0.1, 0.15) is 40.1 Å². The molecule has 13 nitrogen and oxygen atoms in total. The molecule has 0 atom stereocenters. The van der Waals surface area contributed by atoms with Gasteiger partial charge in [-0.2, -0.15) is 5.10 Å². The number of anilines is 3. The predicted octanol–water partition coefficient (Wildman–Crippen LogP) is 3.25. The van der Waals surface area contributed by atoms with Gasteiger partial charge in [-0.25, -0.2) is 9.59 Å². The van der Waals surface area contributed by atoms with Gasteiger partial charge < -0.3 is 20.8 Å². The lowest BCUT2D eigenvalue weighted by molar-refractivity contribution is -0.116. The second kappa shape index (κ2) is 13.9. The van der Waals surface area contributed by atoms with Crippen molar-refractivity contribution in [2.24, 2.45) is 10.1 Å². The Morgan fingerprint density at radius 2 is 1.14 bits per heavy atom. The number of carbonyl (C=O) groups is 6. The molecule has 0 spiro atoms. The summed E-state index contributed by atoms with van der Waals surface area (Å²) < 4.78 is 0. The van der Waals surface area contributed by atoms with Crippen molar-refractivity contribution in [3.8, 4) is 0 Å². The van der Waals surface area contributed by atoms with E-state index >= 15 is 0 Å². The molecule has 0 aliphatic heterocycles. The highest BCUT2D eigenvalue weighted by Gasteiger charge is 2.19. The number of carboxylic acids is 2. The van der Waals surface area contributed by atoms with E-state index in [2.05, 4.69) is 26.2 Å². The number of amides is 2. The van der Waals surface area contributed by atoms with Crippen LogP contribution in [0.3, 0.4) is 0 Å². The molecule has 0 unspecified atom stereocenters. The molecule has 0 heterocycles. The first-order valence-electron chi connectivity index (χ1n) is 12.2. The number of aliphatic imine (C=N–C) groups is 1. The Morgan fingerprint density at radius 3 is 1.67 bits per heavy atom. The number of carboxylic acid groups (broad SMARTS) is 2. The lowest BCUT2D eigenvalue weighted by atomic mass is 10.1. The van der Waals surface area contributed by atoms with E-state index in [-0.39, 0.29) is 40.4 Å². The van der Waals surface area contributed by atoms with E-state index in [9.17, 15) is 28.8 Å². The third kappa shape index (κ3) is 8.51. The summed E-state index contributed by atoms with van der Waals surface area (Å²) in [5, 5.41) is 27.1. The Hall–Kier alpha value is -5.98. The van der Waals surface area contributed by atoms with Crippen molar-refractivity contribution in [3.05, 3.63) is 89.5 Å². The second-order valence-corrected chi connectivity index (χ2v) is 8.73. The number of hydrazone groups is 1. The van der Waals surface area contributed by atoms with Crippen molar-refractivity contribution < 1.29 is 39.0 Å². The van der Waals surface area contributed by atoms with Gasteiger partial charge in [0, 0.05) is 25.2 Å². The third-order valence-electron chi connectivity index (χ3n) is 5.50. The molecule has 3 rings (SSSR count). The smallest absolute Gasteiger partial charge is 0.335 e. The minimum absolute atomic E-state index is 0.0107. The molecule has 0 aliphatic rings. The van der Waals surface area contributed by atoms with Gasteiger partial charge in [-0.05, 0) is 60.2 Å². The number of hydrogen-bond donors (Lipinski definition) is 5. The first-order chi connectivity index (χ1) is 19.9. The SMILES string of the molecule is CC(=O)/C(=N/Cc1cccc(C(=O)O)c1)C(=O)Nc1ccc(NC(=O)/C(=N\Nc2cccc(C(=O)O)c2)C(C)=O)cc1. The number of aromatic carboxylic acids is 2. The van der Waals surface area contributed by atoms with Crippen LogP contribution in [0, 0.1) is 0 Å². The molecule has 2 amide bonds. The first kappa shape index (κ1) is 30.6. The van der Waals surface area contributed by atoms with E-state index in [1.807, 2.05) is 0 Å². The predicted molar refractivity (Wildman–Crippen MR) is 154 cm³/mol. The number of rotatable bonds is 12. The van der Waals surface area contributed by atoms with Crippen LogP contribution in [0.15, 0.2) is 82.9 Å². The molecular weight excluding hydrogens is 546 g/mol. The van der Waals surface area contributed by atoms with Crippen molar-refractivity contribution in [2.75, 3.05) is 16.1 Å². The van der Waals surface area contributed by atoms with E-state index in [0.29, 0.717) is 5.56 Å². The molecule has 0 aromatic heterocycles. The number of nitrogens with one attached hydrogen (secondary N) is 3. The quantitative estimate of drug-likeness (QED) is 0.123. The summed E-state index contributed by atoms with van der Waals surface area (Å²) >= 11 is 0. The lowest BCUT2D eigenvalue weighted by Crippen LogP contribution is -2.29. The number of ketones is 2. The van der Waals surface area contributed by atoms with Crippen LogP contribution in [0.2, 0.25) is 0 Å². The lowest BCUT2D eigenvalue weighted by Gasteiger charge is -2.09. The molecule has 0 saturated heterocycles. The number of nitrogens with zero attached hydrogens (tertiary/aromatic N) is 2. The van der Waals surface area contributed by atoms with Crippen molar-refractivity contribution in [1.29, 1.82) is 0 Å². The first-order valence-corrected chi connectivity index (χ1v) is 12.2. The largest absolute Gasteiger partial charge is 0.478 e. The van der Waals surface area contributed by atoms with Gasteiger partial charge in [-0.1, -0.05) is 18.2 Å². The zero-order chi connectivity index (χ0) is 30.8. The third-order valence-corrected chi connectivity index (χ3v) is 5.50. The Morgan fingerprint density at radius 1 is 0.643 bits per heavy atom. The van der Waals surface area contributed by atoms with Gasteiger partial charge >= 0.3 is 11.9 Å². The number of carbonyl (C=O) groups excluding carboxylic acids is 4. The molecule has 3 aromatic carbocycles. The van der Waals surface area contributed by atoms with Crippen molar-refractivity contribution in [1.82, 2.24) is 0 Å². The van der Waals surface area contributed by atoms with Gasteiger partial charge in [-0.3, -0.25) is 29.6 Å². The number of Topliss-reactive ketones (excluding diaryl/α,β-unsaturated/α-hetero) is 2. The maximum Gasteiger partial charge on any atom is 0.335 e. The molecule has 0 bridgehead atoms. The molecule has 0 saturated carbocycles. The Labute approximate surface area is 239 Å². The average molecular weight is 572 g/mol. The van der Waals surface area contributed by atoms with Crippen LogP contribution in [0.25, 0.3) is 0 Å². The molecule has 5 N–H and O–H groups in total. The molecule has 42 heavy (non-hydrogen) atoms. The highest BCUT2D eigenvalue weighted by molar-refractivity contribution is 6.67. The van der Waals surface area contributed by atoms with Crippen molar-refractivity contribution in [3.63, 3.8) is 0 Å². The highest BCUT2D eigenvalue weighted by atomic mass is 16.4. The van der Waals surface area contributed by atoms with E-state index in [0.717, 1.165) is 6.92 Å². The van der Waals surface area contributed by atoms with Gasteiger partial charge in [0.25, 0.3) is 11.8 Å². The Bertz CT molecular complexity index is 1510. The van der Waals surface area contributed by atoms with E-state index < -0.39 is 41.0 Å². The van der Waals surface area contributed by atoms with Gasteiger partial charge in [-0.15, -0.1) is 0 Å². The minimum Gasteiger partial charge on any atom is -0.478 e. The van der Waals surface area contributed by atoms with Crippen molar-refractivity contribution >= 4 is 63.8 Å². The summed E-state index contributed by atoms with van der Waals surface area (Å²) in [5.74, 6) is -5.12. The van der Waals surface area contributed by atoms with E-state index in [1.54, 1.807) is 6.07 Å². The summed E-state index contributed by atoms with van der Waals surface area (Å²) in [4.78, 5) is 75.8. The van der Waals surface area contributed by atoms with Gasteiger partial charge in [0.1, 0.15) is 0 Å². The van der Waals surface area contributed by atoms with Crippen molar-refractivity contribution in [2.45, 2.75) is 20.4 Å². The normalized spacial score (nSPS) is 11.3. The van der Waals surface area contributed by atoms with E-state index in [4.69, 9.17) is 10.2 Å². The molecule has 0 radical (unpaired) electrons. The second-order valence-electron chi connectivity index (χ2n) is 8.73. The van der Waals surface area contributed by atoms with Gasteiger partial charge in [0.2, 0.25) is 0 Å². The zero-order valence-corrected chi connectivity index (χ0v) is 22.4. The minimum atomic E-state index is -1.15. The van der Waals surface area contributed by atoms with Crippen LogP contribution in [0.4, 0.5) is 17.1 Å². The fourth-order valence-corrected chi connectivity index (χ4v) is 3.47. The van der Waals surface area contributed by atoms with Crippen LogP contribution >= 0.6 is 0 Å². The monoisotopic (exact) mass is 571 g/mol. The fraction of sp³-hybridized carbons (Fsp3) is 0.103. The summed E-state index contributed by atoms with van der Waals surface area (Å²) in [6, 6.07) is 17.4. The number of benzene rings is 3. The van der Waals surface area contributed by atoms with Crippen LogP contribution in [-0.4, -0.2) is 57.0 Å². The molecule has 0 fully saturated rings.